The summed E-state index contributed by atoms with van der Waals surface area (Å²) in [7, 11) is 4.01. The maximum Gasteiger partial charge on any atom is 0.338 e. The van der Waals surface area contributed by atoms with E-state index < -0.39 is 11.8 Å². The van der Waals surface area contributed by atoms with Crippen LogP contribution in [0.15, 0.2) is 18.2 Å². The molecule has 1 aliphatic rings. The smallest absolute Gasteiger partial charge is 0.338 e. The van der Waals surface area contributed by atoms with Crippen molar-refractivity contribution < 1.29 is 14.3 Å². The van der Waals surface area contributed by atoms with Crippen LogP contribution in [0.4, 0.5) is 10.1 Å². The first kappa shape index (κ1) is 13.8. The Balaban J connectivity index is 2.05. The molecule has 1 aromatic carbocycles. The minimum Gasteiger partial charge on any atom is -0.478 e. The summed E-state index contributed by atoms with van der Waals surface area (Å²) >= 11 is 0. The largest absolute Gasteiger partial charge is 0.478 e. The predicted molar refractivity (Wildman–Crippen MR) is 72.2 cm³/mol. The van der Waals surface area contributed by atoms with Crippen LogP contribution in [0.2, 0.25) is 0 Å². The summed E-state index contributed by atoms with van der Waals surface area (Å²) in [6, 6.07) is 4.28. The number of aromatic carboxylic acids is 1. The Bertz CT molecular complexity index is 479. The fourth-order valence-corrected chi connectivity index (χ4v) is 2.58. The van der Waals surface area contributed by atoms with Crippen molar-refractivity contribution in [3.8, 4) is 0 Å². The third-order valence-electron chi connectivity index (χ3n) is 3.64. The van der Waals surface area contributed by atoms with Gasteiger partial charge in [0.25, 0.3) is 0 Å². The van der Waals surface area contributed by atoms with E-state index in [2.05, 4.69) is 11.9 Å². The number of hydrogen-bond acceptors (Lipinski definition) is 3. The first-order valence-electron chi connectivity index (χ1n) is 6.40. The van der Waals surface area contributed by atoms with E-state index in [1.54, 1.807) is 6.07 Å². The Morgan fingerprint density at radius 3 is 2.84 bits per heavy atom. The molecule has 1 fully saturated rings. The van der Waals surface area contributed by atoms with Crippen molar-refractivity contribution in [2.45, 2.75) is 6.42 Å². The van der Waals surface area contributed by atoms with Gasteiger partial charge in [-0.1, -0.05) is 0 Å². The average molecular weight is 266 g/mol. The highest BCUT2D eigenvalue weighted by Crippen LogP contribution is 2.21. The Kier molecular flexibility index (Phi) is 4.04. The topological polar surface area (TPSA) is 43.8 Å². The average Bonchev–Trinajstić information content (AvgIpc) is 2.74. The van der Waals surface area contributed by atoms with E-state index >= 15 is 0 Å². The van der Waals surface area contributed by atoms with E-state index in [0.717, 1.165) is 31.7 Å². The van der Waals surface area contributed by atoms with Gasteiger partial charge in [0.1, 0.15) is 5.82 Å². The number of nitrogens with zero attached hydrogens (tertiary/aromatic N) is 2. The SMILES string of the molecule is CN1CCC(CN(C)c2ccc(C(=O)O)c(F)c2)C1. The standard InChI is InChI=1S/C14H19FN2O2/c1-16-6-5-10(8-16)9-17(2)11-3-4-12(14(18)19)13(15)7-11/h3-4,7,10H,5-6,8-9H2,1-2H3,(H,18,19). The highest BCUT2D eigenvalue weighted by molar-refractivity contribution is 5.88. The number of halogens is 1. The molecule has 0 aliphatic carbocycles. The molecule has 0 bridgehead atoms. The van der Waals surface area contributed by atoms with Gasteiger partial charge in [-0.3, -0.25) is 0 Å². The molecule has 1 aliphatic heterocycles. The number of anilines is 1. The van der Waals surface area contributed by atoms with Gasteiger partial charge in [0.2, 0.25) is 0 Å². The molecule has 1 heterocycles. The van der Waals surface area contributed by atoms with Gasteiger partial charge in [-0.25, -0.2) is 9.18 Å². The van der Waals surface area contributed by atoms with E-state index in [1.165, 1.54) is 12.1 Å². The molecule has 104 valence electrons. The van der Waals surface area contributed by atoms with Crippen LogP contribution in [0.5, 0.6) is 0 Å². The van der Waals surface area contributed by atoms with Gasteiger partial charge >= 0.3 is 5.97 Å². The van der Waals surface area contributed by atoms with Crippen LogP contribution in [0.3, 0.4) is 0 Å². The zero-order valence-electron chi connectivity index (χ0n) is 11.3. The fraction of sp³-hybridized carbons (Fsp3) is 0.500. The summed E-state index contributed by atoms with van der Waals surface area (Å²) in [4.78, 5) is 15.0. The highest BCUT2D eigenvalue weighted by Gasteiger charge is 2.21. The maximum atomic E-state index is 13.6. The van der Waals surface area contributed by atoms with Crippen molar-refractivity contribution in [3.05, 3.63) is 29.6 Å². The number of carboxylic acid groups (broad SMARTS) is 1. The van der Waals surface area contributed by atoms with E-state index in [1.807, 2.05) is 11.9 Å². The van der Waals surface area contributed by atoms with Crippen molar-refractivity contribution in [3.63, 3.8) is 0 Å². The number of hydrogen-bond donors (Lipinski definition) is 1. The van der Waals surface area contributed by atoms with Crippen LogP contribution in [0.25, 0.3) is 0 Å². The third kappa shape index (κ3) is 3.23. The van der Waals surface area contributed by atoms with E-state index in [4.69, 9.17) is 5.11 Å². The number of benzene rings is 1. The van der Waals surface area contributed by atoms with Gasteiger partial charge in [0.05, 0.1) is 5.56 Å². The predicted octanol–water partition coefficient (Wildman–Crippen LogP) is 1.91. The molecular formula is C14H19FN2O2. The van der Waals surface area contributed by atoms with Gasteiger partial charge in [0, 0.05) is 25.8 Å². The summed E-state index contributed by atoms with van der Waals surface area (Å²) in [5, 5.41) is 8.79. The minimum absolute atomic E-state index is 0.280. The molecule has 0 saturated carbocycles. The zero-order valence-corrected chi connectivity index (χ0v) is 11.3. The monoisotopic (exact) mass is 266 g/mol. The molecule has 0 aromatic heterocycles. The Hall–Kier alpha value is -1.62. The van der Waals surface area contributed by atoms with Crippen molar-refractivity contribution in [2.24, 2.45) is 5.92 Å². The van der Waals surface area contributed by atoms with Gasteiger partial charge < -0.3 is 14.9 Å². The Morgan fingerprint density at radius 1 is 1.58 bits per heavy atom. The van der Waals surface area contributed by atoms with Gasteiger partial charge in [-0.05, 0) is 44.1 Å². The second kappa shape index (κ2) is 5.57. The van der Waals surface area contributed by atoms with E-state index in [0.29, 0.717) is 5.92 Å². The number of rotatable bonds is 4. The van der Waals surface area contributed by atoms with E-state index in [9.17, 15) is 9.18 Å². The highest BCUT2D eigenvalue weighted by atomic mass is 19.1. The van der Waals surface area contributed by atoms with Crippen molar-refractivity contribution in [1.29, 1.82) is 0 Å². The first-order chi connectivity index (χ1) is 8.97. The molecule has 1 saturated heterocycles. The zero-order chi connectivity index (χ0) is 14.0. The molecule has 5 heteroatoms. The molecule has 4 nitrogen and oxygen atoms in total. The second-order valence-electron chi connectivity index (χ2n) is 5.27. The lowest BCUT2D eigenvalue weighted by Gasteiger charge is -2.23. The van der Waals surface area contributed by atoms with Gasteiger partial charge in [-0.15, -0.1) is 0 Å². The summed E-state index contributed by atoms with van der Waals surface area (Å²) in [5.74, 6) is -1.33. The van der Waals surface area contributed by atoms with Crippen LogP contribution in [-0.2, 0) is 0 Å². The lowest BCUT2D eigenvalue weighted by Crippen LogP contribution is -2.27. The number of carbonyl (C=O) groups is 1. The number of likely N-dealkylation sites (tertiary alicyclic amines) is 1. The molecule has 1 N–H and O–H groups in total. The molecular weight excluding hydrogens is 247 g/mol. The molecule has 19 heavy (non-hydrogen) atoms. The van der Waals surface area contributed by atoms with Crippen LogP contribution < -0.4 is 4.90 Å². The summed E-state index contributed by atoms with van der Waals surface area (Å²) in [6.07, 6.45) is 1.15. The molecule has 0 radical (unpaired) electrons. The minimum atomic E-state index is -1.23. The lowest BCUT2D eigenvalue weighted by molar-refractivity contribution is 0.0692. The Morgan fingerprint density at radius 2 is 2.32 bits per heavy atom. The third-order valence-corrected chi connectivity index (χ3v) is 3.64. The van der Waals surface area contributed by atoms with E-state index in [-0.39, 0.29) is 5.56 Å². The quantitative estimate of drug-likeness (QED) is 0.904. The first-order valence-corrected chi connectivity index (χ1v) is 6.40. The molecule has 0 amide bonds. The molecule has 1 atom stereocenters. The molecule has 2 rings (SSSR count). The second-order valence-corrected chi connectivity index (χ2v) is 5.27. The van der Waals surface area contributed by atoms with Crippen LogP contribution in [0.1, 0.15) is 16.8 Å². The van der Waals surface area contributed by atoms with Gasteiger partial charge in [-0.2, -0.15) is 0 Å². The molecule has 1 aromatic rings. The van der Waals surface area contributed by atoms with Crippen LogP contribution in [-0.4, -0.2) is 49.7 Å². The fourth-order valence-electron chi connectivity index (χ4n) is 2.58. The summed E-state index contributed by atoms with van der Waals surface area (Å²) in [5.41, 5.74) is 0.440. The van der Waals surface area contributed by atoms with Crippen LogP contribution >= 0.6 is 0 Å². The van der Waals surface area contributed by atoms with Gasteiger partial charge in [0.15, 0.2) is 0 Å². The number of carboxylic acids is 1. The summed E-state index contributed by atoms with van der Waals surface area (Å²) < 4.78 is 13.6. The lowest BCUT2D eigenvalue weighted by atomic mass is 10.1. The Labute approximate surface area is 112 Å². The van der Waals surface area contributed by atoms with Crippen LogP contribution in [0, 0.1) is 11.7 Å². The normalized spacial score (nSPS) is 19.6. The molecule has 1 unspecified atom stereocenters. The maximum absolute atomic E-state index is 13.6. The van der Waals surface area contributed by atoms with Crippen molar-refractivity contribution in [2.75, 3.05) is 38.6 Å². The van der Waals surface area contributed by atoms with Crippen molar-refractivity contribution >= 4 is 11.7 Å². The molecule has 0 spiro atoms. The van der Waals surface area contributed by atoms with Crippen molar-refractivity contribution in [1.82, 2.24) is 4.90 Å². The summed E-state index contributed by atoms with van der Waals surface area (Å²) in [6.45, 7) is 3.01.